The minimum absolute atomic E-state index is 0.0691. The van der Waals surface area contributed by atoms with Crippen molar-refractivity contribution in [2.75, 3.05) is 20.7 Å². The summed E-state index contributed by atoms with van der Waals surface area (Å²) in [5.74, 6) is 1.10. The summed E-state index contributed by atoms with van der Waals surface area (Å²) >= 11 is 0. The second-order valence-electron chi connectivity index (χ2n) is 16.9. The number of likely N-dealkylation sites (N-methyl/N-ethyl adjacent to an activating group) is 1. The number of alkyl carbamates (subject to hydrolysis) is 1. The third-order valence-electron chi connectivity index (χ3n) is 12.3. The highest BCUT2D eigenvalue weighted by molar-refractivity contribution is 6.00. The summed E-state index contributed by atoms with van der Waals surface area (Å²) in [7, 11) is 3.73. The summed E-state index contributed by atoms with van der Waals surface area (Å²) in [6.45, 7) is 13.6. The van der Waals surface area contributed by atoms with Crippen LogP contribution in [0.15, 0.2) is 48.8 Å². The highest BCUT2D eigenvalue weighted by Gasteiger charge is 2.57. The lowest BCUT2D eigenvalue weighted by Gasteiger charge is -2.47. The zero-order valence-electron chi connectivity index (χ0n) is 35.5. The summed E-state index contributed by atoms with van der Waals surface area (Å²) < 4.78 is 31.3. The van der Waals surface area contributed by atoms with Crippen molar-refractivity contribution in [2.45, 2.75) is 135 Å². The molecule has 2 N–H and O–H groups in total. The second kappa shape index (κ2) is 18.8. The van der Waals surface area contributed by atoms with Crippen LogP contribution in [0.2, 0.25) is 0 Å². The van der Waals surface area contributed by atoms with Crippen molar-refractivity contribution in [2.24, 2.45) is 23.7 Å². The molecule has 13 atom stereocenters. The molecule has 3 fully saturated rings. The number of carbonyl (C=O) groups excluding carboxylic acids is 4. The molecule has 5 rings (SSSR count). The van der Waals surface area contributed by atoms with Crippen LogP contribution < -0.4 is 5.32 Å². The topological polar surface area (TPSA) is 163 Å². The van der Waals surface area contributed by atoms with Crippen LogP contribution >= 0.6 is 0 Å². The Kier molecular flexibility index (Phi) is 14.6. The van der Waals surface area contributed by atoms with E-state index in [0.29, 0.717) is 12.8 Å². The number of benzene rings is 1. The van der Waals surface area contributed by atoms with Gasteiger partial charge in [-0.25, -0.2) is 4.79 Å². The quantitative estimate of drug-likeness (QED) is 0.205. The van der Waals surface area contributed by atoms with E-state index in [0.717, 1.165) is 16.7 Å². The molecule has 2 aromatic rings. The van der Waals surface area contributed by atoms with Crippen molar-refractivity contribution in [1.29, 1.82) is 0 Å². The van der Waals surface area contributed by atoms with Crippen LogP contribution in [0.3, 0.4) is 0 Å². The summed E-state index contributed by atoms with van der Waals surface area (Å²) in [5, 5.41) is 14.4. The third-order valence-corrected chi connectivity index (χ3v) is 12.3. The second-order valence-corrected chi connectivity index (χ2v) is 16.9. The maximum absolute atomic E-state index is 14.4. The number of cyclic esters (lactones) is 1. The largest absolute Gasteiger partial charge is 0.458 e. The molecule has 0 aliphatic carbocycles. The number of carbonyl (C=O) groups is 4. The number of ketones is 2. The van der Waals surface area contributed by atoms with Gasteiger partial charge in [-0.05, 0) is 83.8 Å². The number of nitrogens with one attached hydrogen (secondary N) is 1. The van der Waals surface area contributed by atoms with Crippen LogP contribution in [0.5, 0.6) is 0 Å². The minimum atomic E-state index is -1.39. The molecule has 4 heterocycles. The number of aromatic nitrogens is 1. The van der Waals surface area contributed by atoms with E-state index < -0.39 is 83.4 Å². The molecular weight excluding hydrogens is 743 g/mol. The molecule has 0 saturated carbocycles. The van der Waals surface area contributed by atoms with Crippen LogP contribution in [0.4, 0.5) is 4.79 Å². The fourth-order valence-electron chi connectivity index (χ4n) is 8.89. The predicted octanol–water partition coefficient (Wildman–Crippen LogP) is 5.16. The average molecular weight is 804 g/mol. The van der Waals surface area contributed by atoms with Crippen LogP contribution in [-0.4, -0.2) is 113 Å². The lowest BCUT2D eigenvalue weighted by Crippen LogP contribution is -2.60. The Balaban J connectivity index is 1.50. The number of hydrogen-bond acceptors (Lipinski definition) is 12. The number of ether oxygens (including phenoxy) is 5. The highest BCUT2D eigenvalue weighted by atomic mass is 16.7. The van der Waals surface area contributed by atoms with E-state index in [1.165, 1.54) is 6.92 Å². The van der Waals surface area contributed by atoms with Gasteiger partial charge in [0.05, 0.1) is 23.9 Å². The lowest BCUT2D eigenvalue weighted by atomic mass is 9.73. The number of amides is 1. The third kappa shape index (κ3) is 9.80. The Labute approximate surface area is 342 Å². The zero-order valence-corrected chi connectivity index (χ0v) is 35.5. The lowest BCUT2D eigenvalue weighted by molar-refractivity contribution is -0.296. The van der Waals surface area contributed by atoms with Crippen molar-refractivity contribution in [3.63, 3.8) is 0 Å². The fraction of sp³-hybridized carbons (Fsp3) is 0.622. The maximum atomic E-state index is 14.4. The average Bonchev–Trinajstić information content (AvgIpc) is 3.52. The van der Waals surface area contributed by atoms with Crippen LogP contribution in [0.25, 0.3) is 11.1 Å². The van der Waals surface area contributed by atoms with Gasteiger partial charge < -0.3 is 39.0 Å². The summed E-state index contributed by atoms with van der Waals surface area (Å²) in [4.78, 5) is 61.5. The number of aliphatic hydroxyl groups is 1. The molecule has 3 saturated heterocycles. The van der Waals surface area contributed by atoms with E-state index in [1.54, 1.807) is 47.7 Å². The van der Waals surface area contributed by atoms with Crippen molar-refractivity contribution in [3.8, 4) is 23.0 Å². The minimum Gasteiger partial charge on any atom is -0.458 e. The maximum Gasteiger partial charge on any atom is 0.408 e. The van der Waals surface area contributed by atoms with Gasteiger partial charge in [0.15, 0.2) is 17.7 Å². The Hall–Kier alpha value is -4.19. The van der Waals surface area contributed by atoms with Crippen molar-refractivity contribution < 1.29 is 48.0 Å². The summed E-state index contributed by atoms with van der Waals surface area (Å²) in [6, 6.07) is 10.8. The fourth-order valence-corrected chi connectivity index (χ4v) is 8.89. The molecule has 0 unspecified atom stereocenters. The molecule has 13 nitrogen and oxygen atoms in total. The Morgan fingerprint density at radius 1 is 0.966 bits per heavy atom. The van der Waals surface area contributed by atoms with Gasteiger partial charge in [0, 0.05) is 42.6 Å². The predicted molar refractivity (Wildman–Crippen MR) is 216 cm³/mol. The van der Waals surface area contributed by atoms with Crippen LogP contribution in [0.1, 0.15) is 80.2 Å². The van der Waals surface area contributed by atoms with Gasteiger partial charge in [0.2, 0.25) is 0 Å². The van der Waals surface area contributed by atoms with Gasteiger partial charge in [0.1, 0.15) is 30.5 Å². The number of esters is 1. The molecule has 58 heavy (non-hydrogen) atoms. The van der Waals surface area contributed by atoms with Crippen LogP contribution in [0, 0.1) is 35.5 Å². The number of Topliss-reactive ketones (excluding diaryl/α,β-unsaturated/α-hetero) is 2. The highest BCUT2D eigenvalue weighted by Crippen LogP contribution is 2.40. The smallest absolute Gasteiger partial charge is 0.408 e. The summed E-state index contributed by atoms with van der Waals surface area (Å²) in [5.41, 5.74) is 0.289. The first kappa shape index (κ1) is 44.9. The zero-order chi connectivity index (χ0) is 42.5. The van der Waals surface area contributed by atoms with E-state index >= 15 is 0 Å². The molecule has 0 spiro atoms. The first-order valence-corrected chi connectivity index (χ1v) is 20.4. The number of pyridine rings is 1. The normalized spacial score (nSPS) is 36.2. The molecule has 0 radical (unpaired) electrons. The van der Waals surface area contributed by atoms with E-state index in [4.69, 9.17) is 23.7 Å². The molecule has 1 aromatic heterocycles. The molecule has 0 bridgehead atoms. The van der Waals surface area contributed by atoms with E-state index in [9.17, 15) is 24.3 Å². The van der Waals surface area contributed by atoms with Gasteiger partial charge >= 0.3 is 12.1 Å². The van der Waals surface area contributed by atoms with Gasteiger partial charge in [-0.15, -0.1) is 0 Å². The van der Waals surface area contributed by atoms with Crippen molar-refractivity contribution in [1.82, 2.24) is 15.2 Å². The van der Waals surface area contributed by atoms with Crippen molar-refractivity contribution in [3.05, 3.63) is 54.4 Å². The molecular formula is C45H61N3O10. The SMILES string of the molecule is CC[C@H]1OC(=O)[C@H](C)C(=O)[C@H](C)[C@@H](O[C@@H]2O[C@H](C)C[C@H](N(C)C)[C@H]2O)[C@](C)(OCC#CCc2ccc(-c3cccnc3)cc2)C[C@@H](C)C(=O)[C@H](C)[C@H]2NC(=O)O[C@@]21C. The van der Waals surface area contributed by atoms with Gasteiger partial charge in [-0.1, -0.05) is 69.9 Å². The standard InChI is InChI=1S/C45H61N3O10/c1-11-35-45(8)39(47-43(53)58-45)28(4)36(49)26(2)24-44(7,54-22-13-12-15-31-17-19-32(20-18-31)33-16-14-21-46-25-33)40(29(5)37(50)30(6)41(52)56-35)57-42-38(51)34(48(9)10)23-27(3)55-42/h14,16-21,25-30,34-35,38-40,42,51H,11,15,22-24H2,1-10H3,(H,47,53)/t26-,27-,28+,29+,30-,34+,35-,38-,39-,40-,42+,44-,45-/m1/s1. The van der Waals surface area contributed by atoms with Crippen molar-refractivity contribution >= 4 is 23.6 Å². The monoisotopic (exact) mass is 803 g/mol. The molecule has 3 aliphatic rings. The number of nitrogens with zero attached hydrogens (tertiary/aromatic N) is 2. The van der Waals surface area contributed by atoms with Gasteiger partial charge in [-0.2, -0.15) is 0 Å². The molecule has 3 aliphatic heterocycles. The number of rotatable bonds is 8. The Bertz CT molecular complexity index is 1830. The molecule has 1 aromatic carbocycles. The number of hydrogen-bond donors (Lipinski definition) is 2. The number of fused-ring (bicyclic) bond motifs is 1. The van der Waals surface area contributed by atoms with Gasteiger partial charge in [-0.3, -0.25) is 19.4 Å². The Morgan fingerprint density at radius 2 is 1.67 bits per heavy atom. The first-order chi connectivity index (χ1) is 27.4. The molecule has 316 valence electrons. The van der Waals surface area contributed by atoms with E-state index in [2.05, 4.69) is 22.1 Å². The molecule has 13 heteroatoms. The van der Waals surface area contributed by atoms with Gasteiger partial charge in [0.25, 0.3) is 0 Å². The van der Waals surface area contributed by atoms with Crippen LogP contribution in [-0.2, 0) is 44.5 Å². The number of aliphatic hydroxyl groups excluding tert-OH is 1. The van der Waals surface area contributed by atoms with E-state index in [1.807, 2.05) is 68.5 Å². The first-order valence-electron chi connectivity index (χ1n) is 20.4. The van der Waals surface area contributed by atoms with E-state index in [-0.39, 0.29) is 37.4 Å². The Morgan fingerprint density at radius 3 is 2.31 bits per heavy atom. The molecule has 1 amide bonds. The summed E-state index contributed by atoms with van der Waals surface area (Å²) in [6.07, 6.45) is -0.465.